The van der Waals surface area contributed by atoms with Crippen molar-refractivity contribution in [1.29, 1.82) is 0 Å². The average Bonchev–Trinajstić information content (AvgIpc) is 1.51. The summed E-state index contributed by atoms with van der Waals surface area (Å²) >= 11 is 0. The van der Waals surface area contributed by atoms with Crippen LogP contribution in [-0.4, -0.2) is 96.7 Å². The summed E-state index contributed by atoms with van der Waals surface area (Å²) in [6.45, 7) is 9.56. The number of hydrogen-bond acceptors (Lipinski definition) is 15. The first-order chi connectivity index (χ1) is 45.4. The van der Waals surface area contributed by atoms with Gasteiger partial charge in [-0.25, -0.2) is 9.13 Å². The normalized spacial score (nSPS) is 14.6. The van der Waals surface area contributed by atoms with Crippen LogP contribution in [0.25, 0.3) is 0 Å². The number of aliphatic hydroxyl groups is 1. The van der Waals surface area contributed by atoms with E-state index in [9.17, 15) is 43.2 Å². The molecule has 558 valence electrons. The van der Waals surface area contributed by atoms with Gasteiger partial charge in [0.25, 0.3) is 0 Å². The summed E-state index contributed by atoms with van der Waals surface area (Å²) in [5.74, 6) is -0.556. The van der Waals surface area contributed by atoms with E-state index in [4.69, 9.17) is 37.0 Å². The Bertz CT molecular complexity index is 1820. The Labute approximate surface area is 575 Å². The number of aliphatic hydroxyl groups excluding tert-OH is 1. The molecule has 0 saturated heterocycles. The molecular formula is C75H146O17P2. The van der Waals surface area contributed by atoms with Crippen LogP contribution in [0, 0.1) is 11.8 Å². The molecule has 0 radical (unpaired) electrons. The van der Waals surface area contributed by atoms with Gasteiger partial charge in [0.15, 0.2) is 12.2 Å². The Kier molecular flexibility index (Phi) is 65.5. The Morgan fingerprint density at radius 1 is 0.298 bits per heavy atom. The molecule has 4 unspecified atom stereocenters. The number of phosphoric acid groups is 2. The Hall–Kier alpha value is -1.94. The Morgan fingerprint density at radius 2 is 0.511 bits per heavy atom. The third-order valence-corrected chi connectivity index (χ3v) is 20.1. The summed E-state index contributed by atoms with van der Waals surface area (Å²) in [6.07, 6.45) is 54.2. The maximum atomic E-state index is 13.1. The van der Waals surface area contributed by atoms with Crippen molar-refractivity contribution in [3.05, 3.63) is 0 Å². The highest BCUT2D eigenvalue weighted by Gasteiger charge is 2.30. The molecule has 17 nitrogen and oxygen atoms in total. The van der Waals surface area contributed by atoms with E-state index in [0.29, 0.717) is 25.7 Å². The first-order valence-electron chi connectivity index (χ1n) is 39.1. The molecular weight excluding hydrogens is 1230 g/mol. The summed E-state index contributed by atoms with van der Waals surface area (Å²) in [4.78, 5) is 72.6. The van der Waals surface area contributed by atoms with Crippen LogP contribution in [0.5, 0.6) is 0 Å². The van der Waals surface area contributed by atoms with E-state index in [1.807, 2.05) is 0 Å². The number of rotatable bonds is 74. The highest BCUT2D eigenvalue weighted by molar-refractivity contribution is 7.47. The van der Waals surface area contributed by atoms with Crippen LogP contribution >= 0.6 is 15.6 Å². The lowest BCUT2D eigenvalue weighted by Crippen LogP contribution is -2.30. The van der Waals surface area contributed by atoms with Gasteiger partial charge in [-0.15, -0.1) is 0 Å². The molecule has 19 heteroatoms. The quantitative estimate of drug-likeness (QED) is 0.0222. The molecule has 0 spiro atoms. The molecule has 0 aromatic rings. The molecule has 7 atom stereocenters. The van der Waals surface area contributed by atoms with Crippen molar-refractivity contribution < 1.29 is 80.2 Å². The summed E-state index contributed by atoms with van der Waals surface area (Å²) in [7, 11) is -9.90. The van der Waals surface area contributed by atoms with E-state index in [-0.39, 0.29) is 25.7 Å². The first kappa shape index (κ1) is 92.1. The minimum atomic E-state index is -4.96. The molecule has 0 rings (SSSR count). The van der Waals surface area contributed by atoms with Gasteiger partial charge in [-0.1, -0.05) is 337 Å². The van der Waals surface area contributed by atoms with Crippen LogP contribution in [0.3, 0.4) is 0 Å². The zero-order valence-electron chi connectivity index (χ0n) is 61.3. The van der Waals surface area contributed by atoms with Gasteiger partial charge in [-0.3, -0.25) is 37.3 Å². The Morgan fingerprint density at radius 3 is 0.755 bits per heavy atom. The molecule has 3 N–H and O–H groups in total. The highest BCUT2D eigenvalue weighted by atomic mass is 31.2. The predicted octanol–water partition coefficient (Wildman–Crippen LogP) is 21.9. The standard InChI is InChI=1S/C75H146O17P2/c1-7-11-13-15-17-19-20-21-22-23-24-25-29-32-35-39-46-52-58-73(78)86-63-70(91-74(79)59-53-47-40-36-33-30-27-26-28-31-34-37-43-49-55-67(5)9-3)65-89-93(81,82)87-61-69(76)62-88-94(83,84)90-66-71(64-85-72(77)57-51-45-38-18-16-14-12-8-2)92-75(80)60-54-48-42-41-44-50-56-68(6)10-4/h67-71,76H,7-66H2,1-6H3,(H,81,82)(H,83,84)/t67?,68?,69-,70-,71-/m1/s1. The molecule has 0 aromatic carbocycles. The lowest BCUT2D eigenvalue weighted by molar-refractivity contribution is -0.161. The zero-order valence-corrected chi connectivity index (χ0v) is 63.1. The third kappa shape index (κ3) is 66.0. The molecule has 0 fully saturated rings. The monoisotopic (exact) mass is 1380 g/mol. The predicted molar refractivity (Wildman–Crippen MR) is 381 cm³/mol. The largest absolute Gasteiger partial charge is 0.472 e. The summed E-state index contributed by atoms with van der Waals surface area (Å²) in [5.41, 5.74) is 0. The summed E-state index contributed by atoms with van der Waals surface area (Å²) in [5, 5.41) is 10.6. The van der Waals surface area contributed by atoms with Crippen molar-refractivity contribution in [2.24, 2.45) is 11.8 Å². The van der Waals surface area contributed by atoms with Gasteiger partial charge < -0.3 is 33.8 Å². The van der Waals surface area contributed by atoms with Gasteiger partial charge in [-0.2, -0.15) is 0 Å². The fraction of sp³-hybridized carbons (Fsp3) is 0.947. The van der Waals surface area contributed by atoms with Crippen molar-refractivity contribution in [2.75, 3.05) is 39.6 Å². The van der Waals surface area contributed by atoms with Gasteiger partial charge in [0.05, 0.1) is 26.4 Å². The van der Waals surface area contributed by atoms with Crippen LogP contribution in [0.4, 0.5) is 0 Å². The second-order valence-electron chi connectivity index (χ2n) is 27.5. The molecule has 0 heterocycles. The topological polar surface area (TPSA) is 237 Å². The maximum absolute atomic E-state index is 13.1. The van der Waals surface area contributed by atoms with Crippen LogP contribution in [0.2, 0.25) is 0 Å². The van der Waals surface area contributed by atoms with Crippen molar-refractivity contribution in [2.45, 2.75) is 407 Å². The van der Waals surface area contributed by atoms with Gasteiger partial charge in [0.2, 0.25) is 0 Å². The maximum Gasteiger partial charge on any atom is 0.472 e. The lowest BCUT2D eigenvalue weighted by Gasteiger charge is -2.21. The second kappa shape index (κ2) is 66.9. The number of ether oxygens (including phenoxy) is 4. The number of esters is 4. The molecule has 0 saturated carbocycles. The summed E-state index contributed by atoms with van der Waals surface area (Å²) in [6, 6.07) is 0. The molecule has 0 aliphatic rings. The van der Waals surface area contributed by atoms with Crippen LogP contribution in [-0.2, 0) is 65.4 Å². The zero-order chi connectivity index (χ0) is 69.3. The number of hydrogen-bond donors (Lipinski definition) is 3. The molecule has 0 aliphatic heterocycles. The molecule has 0 aromatic heterocycles. The van der Waals surface area contributed by atoms with E-state index >= 15 is 0 Å². The van der Waals surface area contributed by atoms with Crippen molar-refractivity contribution in [3.8, 4) is 0 Å². The number of unbranched alkanes of at least 4 members (excludes halogenated alkanes) is 42. The van der Waals surface area contributed by atoms with Crippen molar-refractivity contribution >= 4 is 39.5 Å². The molecule has 0 bridgehead atoms. The lowest BCUT2D eigenvalue weighted by atomic mass is 9.99. The van der Waals surface area contributed by atoms with Crippen molar-refractivity contribution in [3.63, 3.8) is 0 Å². The van der Waals surface area contributed by atoms with Crippen LogP contribution in [0.15, 0.2) is 0 Å². The SMILES string of the molecule is CCCCCCCCCCCCCCCCCCCCC(=O)OC[C@H](COP(=O)(O)OC[C@@H](O)COP(=O)(O)OC[C@@H](COC(=O)CCCCCCCCCC)OC(=O)CCCCCCCCC(C)CC)OC(=O)CCCCCCCCCCCCCCCCC(C)CC. The average molecular weight is 1380 g/mol. The first-order valence-corrected chi connectivity index (χ1v) is 42.1. The molecule has 94 heavy (non-hydrogen) atoms. The minimum absolute atomic E-state index is 0.103. The van der Waals surface area contributed by atoms with Gasteiger partial charge >= 0.3 is 39.5 Å². The highest BCUT2D eigenvalue weighted by Crippen LogP contribution is 2.45. The van der Waals surface area contributed by atoms with E-state index in [1.54, 1.807) is 0 Å². The Balaban J connectivity index is 5.20. The summed E-state index contributed by atoms with van der Waals surface area (Å²) < 4.78 is 68.4. The van der Waals surface area contributed by atoms with Gasteiger partial charge in [0, 0.05) is 25.7 Å². The van der Waals surface area contributed by atoms with E-state index in [1.165, 1.54) is 199 Å². The number of carbonyl (C=O) groups is 4. The van der Waals surface area contributed by atoms with Crippen LogP contribution < -0.4 is 0 Å². The second-order valence-corrected chi connectivity index (χ2v) is 30.4. The number of phosphoric ester groups is 2. The number of carbonyl (C=O) groups excluding carboxylic acids is 4. The van der Waals surface area contributed by atoms with E-state index < -0.39 is 97.5 Å². The fourth-order valence-corrected chi connectivity index (χ4v) is 13.0. The smallest absolute Gasteiger partial charge is 0.462 e. The third-order valence-electron chi connectivity index (χ3n) is 18.2. The minimum Gasteiger partial charge on any atom is -0.462 e. The van der Waals surface area contributed by atoms with Gasteiger partial charge in [0.1, 0.15) is 19.3 Å². The van der Waals surface area contributed by atoms with E-state index in [0.717, 1.165) is 108 Å². The molecule has 0 amide bonds. The van der Waals surface area contributed by atoms with Crippen molar-refractivity contribution in [1.82, 2.24) is 0 Å². The van der Waals surface area contributed by atoms with Gasteiger partial charge in [-0.05, 0) is 37.5 Å². The van der Waals surface area contributed by atoms with E-state index in [2.05, 4.69) is 41.5 Å². The molecule has 0 aliphatic carbocycles. The van der Waals surface area contributed by atoms with Crippen LogP contribution in [0.1, 0.15) is 388 Å². The fourth-order valence-electron chi connectivity index (χ4n) is 11.4.